The molecule has 0 radical (unpaired) electrons. The molecule has 0 saturated carbocycles. The summed E-state index contributed by atoms with van der Waals surface area (Å²) in [6.07, 6.45) is 2.47. The van der Waals surface area contributed by atoms with Crippen molar-refractivity contribution >= 4 is 5.91 Å². The van der Waals surface area contributed by atoms with E-state index < -0.39 is 6.61 Å². The molecule has 2 aliphatic heterocycles. The third-order valence-corrected chi connectivity index (χ3v) is 5.30. The predicted octanol–water partition coefficient (Wildman–Crippen LogP) is 4.44. The van der Waals surface area contributed by atoms with Gasteiger partial charge in [0.25, 0.3) is 5.91 Å². The number of methoxy groups -OCH3 is 1. The molecular formula is C22H23F2NO5. The van der Waals surface area contributed by atoms with Crippen molar-refractivity contribution < 1.29 is 32.5 Å². The fourth-order valence-electron chi connectivity index (χ4n) is 3.91. The molecule has 1 amide bonds. The number of ether oxygens (including phenoxy) is 4. The van der Waals surface area contributed by atoms with Crippen molar-refractivity contribution in [1.82, 2.24) is 4.90 Å². The van der Waals surface area contributed by atoms with Gasteiger partial charge in [-0.05, 0) is 48.7 Å². The van der Waals surface area contributed by atoms with Gasteiger partial charge in [-0.15, -0.1) is 0 Å². The zero-order valence-electron chi connectivity index (χ0n) is 16.6. The Kier molecular flexibility index (Phi) is 5.92. The fraction of sp³-hybridized carbons (Fsp3) is 0.409. The highest BCUT2D eigenvalue weighted by atomic mass is 19.3. The maximum atomic E-state index is 13.2. The van der Waals surface area contributed by atoms with Crippen molar-refractivity contribution in [3.63, 3.8) is 0 Å². The number of benzene rings is 2. The molecule has 1 atom stereocenters. The largest absolute Gasteiger partial charge is 0.493 e. The molecule has 1 saturated heterocycles. The second-order valence-corrected chi connectivity index (χ2v) is 7.16. The molecule has 8 heteroatoms. The van der Waals surface area contributed by atoms with Crippen LogP contribution in [0.3, 0.4) is 0 Å². The molecular weight excluding hydrogens is 396 g/mol. The van der Waals surface area contributed by atoms with Gasteiger partial charge in [-0.3, -0.25) is 4.79 Å². The van der Waals surface area contributed by atoms with Crippen LogP contribution in [0.1, 0.15) is 41.2 Å². The summed E-state index contributed by atoms with van der Waals surface area (Å²) in [5.41, 5.74) is 1.23. The molecule has 2 aliphatic rings. The van der Waals surface area contributed by atoms with E-state index in [1.165, 1.54) is 19.2 Å². The average Bonchev–Trinajstić information content (AvgIpc) is 3.11. The van der Waals surface area contributed by atoms with Crippen molar-refractivity contribution in [2.75, 3.05) is 26.9 Å². The molecule has 30 heavy (non-hydrogen) atoms. The highest BCUT2D eigenvalue weighted by Crippen LogP contribution is 2.39. The summed E-state index contributed by atoms with van der Waals surface area (Å²) in [4.78, 5) is 15.0. The Balaban J connectivity index is 1.59. The lowest BCUT2D eigenvalue weighted by atomic mass is 10.0. The number of rotatable bonds is 5. The normalized spacial score (nSPS) is 18.3. The van der Waals surface area contributed by atoms with E-state index in [1.54, 1.807) is 11.0 Å². The van der Waals surface area contributed by atoms with Crippen LogP contribution in [0.5, 0.6) is 23.0 Å². The van der Waals surface area contributed by atoms with Gasteiger partial charge in [0.1, 0.15) is 0 Å². The summed E-state index contributed by atoms with van der Waals surface area (Å²) in [6, 6.07) is 9.94. The van der Waals surface area contributed by atoms with Gasteiger partial charge in [0, 0.05) is 18.5 Å². The molecule has 2 aromatic rings. The first-order valence-electron chi connectivity index (χ1n) is 9.90. The topological polar surface area (TPSA) is 57.2 Å². The van der Waals surface area contributed by atoms with E-state index in [4.69, 9.17) is 14.2 Å². The molecule has 0 unspecified atom stereocenters. The average molecular weight is 419 g/mol. The number of nitrogens with zero attached hydrogens (tertiary/aromatic N) is 1. The lowest BCUT2D eigenvalue weighted by molar-refractivity contribution is -0.0512. The number of halogens is 2. The zero-order valence-corrected chi connectivity index (χ0v) is 16.6. The number of fused-ring (bicyclic) bond motifs is 1. The minimum Gasteiger partial charge on any atom is -0.493 e. The van der Waals surface area contributed by atoms with Gasteiger partial charge >= 0.3 is 6.61 Å². The third kappa shape index (κ3) is 4.13. The summed E-state index contributed by atoms with van der Waals surface area (Å²) in [5.74, 6) is 1.13. The Morgan fingerprint density at radius 2 is 1.87 bits per heavy atom. The van der Waals surface area contributed by atoms with Crippen LogP contribution in [0, 0.1) is 0 Å². The minimum atomic E-state index is -3.01. The van der Waals surface area contributed by atoms with Crippen molar-refractivity contribution in [3.8, 4) is 23.0 Å². The van der Waals surface area contributed by atoms with Crippen LogP contribution >= 0.6 is 0 Å². The van der Waals surface area contributed by atoms with Gasteiger partial charge < -0.3 is 23.8 Å². The van der Waals surface area contributed by atoms with Crippen LogP contribution in [-0.4, -0.2) is 44.3 Å². The fourth-order valence-corrected chi connectivity index (χ4v) is 3.91. The number of hydrogen-bond donors (Lipinski definition) is 0. The Bertz CT molecular complexity index is 920. The van der Waals surface area contributed by atoms with Crippen LogP contribution in [0.15, 0.2) is 36.4 Å². The molecule has 6 nitrogen and oxygen atoms in total. The van der Waals surface area contributed by atoms with E-state index in [9.17, 15) is 13.6 Å². The standard InChI is InChI=1S/C22H23F2NO5/c1-27-17-7-6-15(13-20(17)30-22(23)24)21(26)25-9-2-4-16(25)14-5-8-18-19(12-14)29-11-3-10-28-18/h5-8,12-13,16,22H,2-4,9-11H2,1H3/t16-/m1/s1. The molecule has 2 heterocycles. The second kappa shape index (κ2) is 8.77. The summed E-state index contributed by atoms with van der Waals surface area (Å²) in [5, 5.41) is 0. The molecule has 0 bridgehead atoms. The van der Waals surface area contributed by atoms with Gasteiger partial charge in [0.05, 0.1) is 26.4 Å². The van der Waals surface area contributed by atoms with E-state index in [1.807, 2.05) is 18.2 Å². The third-order valence-electron chi connectivity index (χ3n) is 5.30. The Morgan fingerprint density at radius 3 is 2.63 bits per heavy atom. The van der Waals surface area contributed by atoms with Gasteiger partial charge in [-0.2, -0.15) is 8.78 Å². The minimum absolute atomic E-state index is 0.128. The summed E-state index contributed by atoms with van der Waals surface area (Å²) >= 11 is 0. The first-order chi connectivity index (χ1) is 14.6. The maximum Gasteiger partial charge on any atom is 0.387 e. The van der Waals surface area contributed by atoms with E-state index in [0.717, 1.165) is 24.8 Å². The molecule has 0 aliphatic carbocycles. The highest BCUT2D eigenvalue weighted by Gasteiger charge is 2.32. The molecule has 0 aromatic heterocycles. The summed E-state index contributed by atoms with van der Waals surface area (Å²) in [7, 11) is 1.36. The van der Waals surface area contributed by atoms with Crippen molar-refractivity contribution in [2.45, 2.75) is 31.9 Å². The molecule has 2 aromatic carbocycles. The van der Waals surface area contributed by atoms with Crippen LogP contribution in [-0.2, 0) is 0 Å². The molecule has 0 spiro atoms. The highest BCUT2D eigenvalue weighted by molar-refractivity contribution is 5.95. The number of hydrogen-bond acceptors (Lipinski definition) is 5. The lowest BCUT2D eigenvalue weighted by Gasteiger charge is -2.26. The first-order valence-corrected chi connectivity index (χ1v) is 9.90. The predicted molar refractivity (Wildman–Crippen MR) is 105 cm³/mol. The second-order valence-electron chi connectivity index (χ2n) is 7.16. The van der Waals surface area contributed by atoms with E-state index in [-0.39, 0.29) is 29.0 Å². The molecule has 4 rings (SSSR count). The van der Waals surface area contributed by atoms with Crippen LogP contribution in [0.4, 0.5) is 8.78 Å². The molecule has 1 fully saturated rings. The lowest BCUT2D eigenvalue weighted by Crippen LogP contribution is -2.30. The quantitative estimate of drug-likeness (QED) is 0.718. The van der Waals surface area contributed by atoms with E-state index in [0.29, 0.717) is 31.3 Å². The van der Waals surface area contributed by atoms with Crippen molar-refractivity contribution in [2.24, 2.45) is 0 Å². The summed E-state index contributed by atoms with van der Waals surface area (Å²) < 4.78 is 46.5. The summed E-state index contributed by atoms with van der Waals surface area (Å²) in [6.45, 7) is -1.23. The molecule has 160 valence electrons. The Labute approximate surface area is 173 Å². The van der Waals surface area contributed by atoms with Gasteiger partial charge in [0.2, 0.25) is 0 Å². The van der Waals surface area contributed by atoms with Gasteiger partial charge in [-0.25, -0.2) is 0 Å². The van der Waals surface area contributed by atoms with Gasteiger partial charge in [-0.1, -0.05) is 6.07 Å². The number of carbonyl (C=O) groups excluding carboxylic acids is 1. The number of alkyl halides is 2. The van der Waals surface area contributed by atoms with Crippen molar-refractivity contribution in [3.05, 3.63) is 47.5 Å². The smallest absolute Gasteiger partial charge is 0.387 e. The zero-order chi connectivity index (χ0) is 21.1. The number of likely N-dealkylation sites (tertiary alicyclic amines) is 1. The van der Waals surface area contributed by atoms with Crippen molar-refractivity contribution in [1.29, 1.82) is 0 Å². The van der Waals surface area contributed by atoms with Crippen LogP contribution in [0.2, 0.25) is 0 Å². The number of carbonyl (C=O) groups is 1. The van der Waals surface area contributed by atoms with Crippen LogP contribution < -0.4 is 18.9 Å². The molecule has 0 N–H and O–H groups in total. The Hall–Kier alpha value is -3.03. The SMILES string of the molecule is COc1ccc(C(=O)N2CCC[C@@H]2c2ccc3c(c2)OCCCO3)cc1OC(F)F. The first kappa shape index (κ1) is 20.3. The number of amides is 1. The Morgan fingerprint density at radius 1 is 1.07 bits per heavy atom. The maximum absolute atomic E-state index is 13.2. The monoisotopic (exact) mass is 419 g/mol. The van der Waals surface area contributed by atoms with Gasteiger partial charge in [0.15, 0.2) is 23.0 Å². The van der Waals surface area contributed by atoms with E-state index >= 15 is 0 Å². The van der Waals surface area contributed by atoms with Crippen LogP contribution in [0.25, 0.3) is 0 Å². The van der Waals surface area contributed by atoms with E-state index in [2.05, 4.69) is 4.74 Å².